The Morgan fingerprint density at radius 2 is 2.29 bits per heavy atom. The Bertz CT molecular complexity index is 341. The summed E-state index contributed by atoms with van der Waals surface area (Å²) in [4.78, 5) is 10.8. The van der Waals surface area contributed by atoms with Gasteiger partial charge in [-0.15, -0.1) is 0 Å². The van der Waals surface area contributed by atoms with Gasteiger partial charge in [0.05, 0.1) is 0 Å². The number of carboxylic acid groups (broad SMARTS) is 1. The van der Waals surface area contributed by atoms with Crippen LogP contribution in [0.2, 0.25) is 0 Å². The molecule has 76 valence electrons. The minimum absolute atomic E-state index is 0.0148. The first-order chi connectivity index (χ1) is 6.66. The summed E-state index contributed by atoms with van der Waals surface area (Å²) in [6, 6.07) is 4.71. The van der Waals surface area contributed by atoms with Crippen molar-refractivity contribution in [2.24, 2.45) is 0 Å². The molecule has 0 bridgehead atoms. The standard InChI is InChI=1S/C9H8BrFO3/c10-6-2-1-3-7(14-5-4-11)8(6)9(12)13/h1-3H,4-5H2,(H,12,13). The molecule has 0 spiro atoms. The molecule has 0 aromatic heterocycles. The van der Waals surface area contributed by atoms with Crippen molar-refractivity contribution >= 4 is 21.9 Å². The number of aromatic carboxylic acids is 1. The third kappa shape index (κ3) is 2.45. The van der Waals surface area contributed by atoms with Crippen molar-refractivity contribution in [2.45, 2.75) is 0 Å². The van der Waals surface area contributed by atoms with Crippen molar-refractivity contribution in [1.29, 1.82) is 0 Å². The molecule has 3 nitrogen and oxygen atoms in total. The van der Waals surface area contributed by atoms with E-state index in [9.17, 15) is 9.18 Å². The quantitative estimate of drug-likeness (QED) is 0.907. The van der Waals surface area contributed by atoms with Gasteiger partial charge in [0.2, 0.25) is 0 Å². The summed E-state index contributed by atoms with van der Waals surface area (Å²) in [6.45, 7) is -0.789. The van der Waals surface area contributed by atoms with E-state index in [4.69, 9.17) is 9.84 Å². The molecule has 0 fully saturated rings. The highest BCUT2D eigenvalue weighted by Gasteiger charge is 2.14. The Morgan fingerprint density at radius 3 is 2.86 bits per heavy atom. The molecule has 0 aliphatic heterocycles. The monoisotopic (exact) mass is 262 g/mol. The van der Waals surface area contributed by atoms with E-state index >= 15 is 0 Å². The Kier molecular flexibility index (Phi) is 3.88. The number of rotatable bonds is 4. The molecule has 1 aromatic carbocycles. The van der Waals surface area contributed by atoms with Gasteiger partial charge in [-0.25, -0.2) is 9.18 Å². The molecule has 1 rings (SSSR count). The molecule has 0 amide bonds. The summed E-state index contributed by atoms with van der Waals surface area (Å²) < 4.78 is 17.2. The SMILES string of the molecule is O=C(O)c1c(Br)cccc1OCCF. The van der Waals surface area contributed by atoms with E-state index in [1.54, 1.807) is 12.1 Å². The maximum Gasteiger partial charge on any atom is 0.340 e. The normalized spacial score (nSPS) is 9.86. The predicted octanol–water partition coefficient (Wildman–Crippen LogP) is 2.50. The van der Waals surface area contributed by atoms with Crippen LogP contribution in [-0.2, 0) is 0 Å². The summed E-state index contributed by atoms with van der Waals surface area (Å²) >= 11 is 3.09. The molecule has 1 N–H and O–H groups in total. The fourth-order valence-electron chi connectivity index (χ4n) is 0.981. The lowest BCUT2D eigenvalue weighted by Gasteiger charge is -2.08. The molecule has 0 saturated carbocycles. The molecule has 0 aliphatic carbocycles. The van der Waals surface area contributed by atoms with E-state index < -0.39 is 12.6 Å². The van der Waals surface area contributed by atoms with Gasteiger partial charge in [-0.2, -0.15) is 0 Å². The van der Waals surface area contributed by atoms with Crippen LogP contribution in [0, 0.1) is 0 Å². The van der Waals surface area contributed by atoms with E-state index in [0.29, 0.717) is 4.47 Å². The Hall–Kier alpha value is -1.10. The van der Waals surface area contributed by atoms with Gasteiger partial charge in [0, 0.05) is 4.47 Å². The first-order valence-corrected chi connectivity index (χ1v) is 4.66. The smallest absolute Gasteiger partial charge is 0.340 e. The summed E-state index contributed by atoms with van der Waals surface area (Å²) in [6.07, 6.45) is 0. The highest BCUT2D eigenvalue weighted by molar-refractivity contribution is 9.10. The summed E-state index contributed by atoms with van der Waals surface area (Å²) in [5.74, 6) is -0.934. The molecule has 5 heteroatoms. The zero-order valence-electron chi connectivity index (χ0n) is 7.17. The van der Waals surface area contributed by atoms with Crippen molar-refractivity contribution < 1.29 is 19.0 Å². The van der Waals surface area contributed by atoms with Crippen molar-refractivity contribution in [1.82, 2.24) is 0 Å². The molecule has 0 aliphatic rings. The van der Waals surface area contributed by atoms with Crippen LogP contribution in [-0.4, -0.2) is 24.4 Å². The van der Waals surface area contributed by atoms with Gasteiger partial charge in [0.25, 0.3) is 0 Å². The van der Waals surface area contributed by atoms with Crippen LogP contribution in [0.25, 0.3) is 0 Å². The molecule has 1 aromatic rings. The molecule has 0 atom stereocenters. The van der Waals surface area contributed by atoms with Gasteiger partial charge in [0.1, 0.15) is 24.6 Å². The molecule has 14 heavy (non-hydrogen) atoms. The van der Waals surface area contributed by atoms with Crippen LogP contribution in [0.1, 0.15) is 10.4 Å². The summed E-state index contributed by atoms with van der Waals surface area (Å²) in [5, 5.41) is 8.84. The summed E-state index contributed by atoms with van der Waals surface area (Å²) in [5.41, 5.74) is 0.0148. The molecule has 0 radical (unpaired) electrons. The van der Waals surface area contributed by atoms with Gasteiger partial charge in [-0.1, -0.05) is 6.07 Å². The number of hydrogen-bond acceptors (Lipinski definition) is 2. The highest BCUT2D eigenvalue weighted by atomic mass is 79.9. The second-order valence-electron chi connectivity index (χ2n) is 2.46. The Labute approximate surface area is 88.6 Å². The van der Waals surface area contributed by atoms with Gasteiger partial charge in [0.15, 0.2) is 0 Å². The fourth-order valence-corrected chi connectivity index (χ4v) is 1.50. The van der Waals surface area contributed by atoms with Crippen LogP contribution in [0.3, 0.4) is 0 Å². The number of benzene rings is 1. The lowest BCUT2D eigenvalue weighted by atomic mass is 10.2. The molecule has 0 saturated heterocycles. The zero-order valence-corrected chi connectivity index (χ0v) is 8.75. The van der Waals surface area contributed by atoms with E-state index in [0.717, 1.165) is 0 Å². The van der Waals surface area contributed by atoms with Gasteiger partial charge in [-0.05, 0) is 28.1 Å². The second-order valence-corrected chi connectivity index (χ2v) is 3.31. The van der Waals surface area contributed by atoms with Gasteiger partial charge >= 0.3 is 5.97 Å². The number of carbonyl (C=O) groups is 1. The molecular formula is C9H8BrFO3. The van der Waals surface area contributed by atoms with Crippen LogP contribution in [0.4, 0.5) is 4.39 Å². The lowest BCUT2D eigenvalue weighted by molar-refractivity contribution is 0.0690. The van der Waals surface area contributed by atoms with Crippen LogP contribution in [0.15, 0.2) is 22.7 Å². The molecule has 0 unspecified atom stereocenters. The van der Waals surface area contributed by atoms with Gasteiger partial charge in [-0.3, -0.25) is 0 Å². The first-order valence-electron chi connectivity index (χ1n) is 3.87. The number of carboxylic acids is 1. The highest BCUT2D eigenvalue weighted by Crippen LogP contribution is 2.26. The second kappa shape index (κ2) is 4.95. The number of hydrogen-bond donors (Lipinski definition) is 1. The number of alkyl halides is 1. The third-order valence-electron chi connectivity index (χ3n) is 1.52. The van der Waals surface area contributed by atoms with E-state index in [1.165, 1.54) is 6.07 Å². The topological polar surface area (TPSA) is 46.5 Å². The van der Waals surface area contributed by atoms with E-state index in [-0.39, 0.29) is 17.9 Å². The van der Waals surface area contributed by atoms with Gasteiger partial charge < -0.3 is 9.84 Å². The van der Waals surface area contributed by atoms with Crippen LogP contribution < -0.4 is 4.74 Å². The minimum atomic E-state index is -1.11. The molecule has 0 heterocycles. The first kappa shape index (κ1) is 11.0. The van der Waals surface area contributed by atoms with Crippen molar-refractivity contribution in [3.05, 3.63) is 28.2 Å². The zero-order chi connectivity index (χ0) is 10.6. The van der Waals surface area contributed by atoms with Crippen LogP contribution in [0.5, 0.6) is 5.75 Å². The maximum atomic E-state index is 11.8. The summed E-state index contributed by atoms with van der Waals surface area (Å²) in [7, 11) is 0. The van der Waals surface area contributed by atoms with Crippen LogP contribution >= 0.6 is 15.9 Å². The number of halogens is 2. The van der Waals surface area contributed by atoms with Crippen molar-refractivity contribution in [3.63, 3.8) is 0 Å². The average molecular weight is 263 g/mol. The average Bonchev–Trinajstić information content (AvgIpc) is 2.14. The predicted molar refractivity (Wildman–Crippen MR) is 52.6 cm³/mol. The van der Waals surface area contributed by atoms with E-state index in [2.05, 4.69) is 15.9 Å². The van der Waals surface area contributed by atoms with Crippen molar-refractivity contribution in [2.75, 3.05) is 13.3 Å². The molecular weight excluding hydrogens is 255 g/mol. The largest absolute Gasteiger partial charge is 0.490 e. The van der Waals surface area contributed by atoms with Crippen molar-refractivity contribution in [3.8, 4) is 5.75 Å². The maximum absolute atomic E-state index is 11.8. The lowest BCUT2D eigenvalue weighted by Crippen LogP contribution is -2.06. The fraction of sp³-hybridized carbons (Fsp3) is 0.222. The number of ether oxygens (including phenoxy) is 1. The van der Waals surface area contributed by atoms with E-state index in [1.807, 2.05) is 0 Å². The Morgan fingerprint density at radius 1 is 1.57 bits per heavy atom. The third-order valence-corrected chi connectivity index (χ3v) is 2.18. The Balaban J connectivity index is 3.02. The minimum Gasteiger partial charge on any atom is -0.490 e.